The van der Waals surface area contributed by atoms with Crippen molar-refractivity contribution in [3.05, 3.63) is 0 Å². The number of hydrogen-bond donors (Lipinski definition) is 1. The predicted octanol–water partition coefficient (Wildman–Crippen LogP) is 1.61. The smallest absolute Gasteiger partial charge is 0.127 e. The molecule has 1 aliphatic carbocycles. The fourth-order valence-corrected chi connectivity index (χ4v) is 3.46. The lowest BCUT2D eigenvalue weighted by Gasteiger charge is -2.41. The highest BCUT2D eigenvalue weighted by atomic mass is 16.5. The molecule has 0 unspecified atom stereocenters. The quantitative estimate of drug-likeness (QED) is 0.744. The Labute approximate surface area is 116 Å². The van der Waals surface area contributed by atoms with Crippen LogP contribution in [-0.4, -0.2) is 55.2 Å². The molecule has 0 atom stereocenters. The Morgan fingerprint density at radius 3 is 2.47 bits per heavy atom. The van der Waals surface area contributed by atoms with Gasteiger partial charge in [-0.1, -0.05) is 19.3 Å². The van der Waals surface area contributed by atoms with E-state index >= 15 is 0 Å². The summed E-state index contributed by atoms with van der Waals surface area (Å²) >= 11 is 0. The Balaban J connectivity index is 1.98. The second kappa shape index (κ2) is 7.36. The van der Waals surface area contributed by atoms with Gasteiger partial charge in [-0.25, -0.2) is 0 Å². The summed E-state index contributed by atoms with van der Waals surface area (Å²) in [6.45, 7) is 3.06. The largest absolute Gasteiger partial charge is 0.395 e. The van der Waals surface area contributed by atoms with Gasteiger partial charge in [-0.2, -0.15) is 0 Å². The molecule has 110 valence electrons. The fourth-order valence-electron chi connectivity index (χ4n) is 3.46. The zero-order valence-corrected chi connectivity index (χ0v) is 11.9. The van der Waals surface area contributed by atoms with Crippen molar-refractivity contribution in [3.63, 3.8) is 0 Å². The van der Waals surface area contributed by atoms with Crippen LogP contribution in [0.5, 0.6) is 0 Å². The molecule has 0 aromatic carbocycles. The average Bonchev–Trinajstić information content (AvgIpc) is 2.49. The third kappa shape index (κ3) is 4.01. The fraction of sp³-hybridized carbons (Fsp3) is 0.933. The second-order valence-corrected chi connectivity index (χ2v) is 6.08. The Hall–Kier alpha value is -0.450. The molecule has 0 aromatic heterocycles. The first-order valence-electron chi connectivity index (χ1n) is 7.69. The van der Waals surface area contributed by atoms with Crippen molar-refractivity contribution >= 4 is 6.29 Å². The Morgan fingerprint density at radius 2 is 1.89 bits per heavy atom. The lowest BCUT2D eigenvalue weighted by Crippen LogP contribution is -2.48. The number of rotatable bonds is 6. The maximum Gasteiger partial charge on any atom is 0.127 e. The third-order valence-corrected chi connectivity index (χ3v) is 4.73. The van der Waals surface area contributed by atoms with Crippen molar-refractivity contribution in [1.29, 1.82) is 0 Å². The molecule has 4 heteroatoms. The highest BCUT2D eigenvalue weighted by Gasteiger charge is 2.36. The van der Waals surface area contributed by atoms with Crippen LogP contribution >= 0.6 is 0 Å². The Kier molecular flexibility index (Phi) is 5.79. The summed E-state index contributed by atoms with van der Waals surface area (Å²) in [6.07, 6.45) is 9.11. The van der Waals surface area contributed by atoms with Gasteiger partial charge in [0.2, 0.25) is 0 Å². The van der Waals surface area contributed by atoms with E-state index < -0.39 is 0 Å². The van der Waals surface area contributed by atoms with Crippen molar-refractivity contribution in [3.8, 4) is 0 Å². The van der Waals surface area contributed by atoms with Crippen LogP contribution in [-0.2, 0) is 9.53 Å². The lowest BCUT2D eigenvalue weighted by molar-refractivity contribution is -0.124. The SMILES string of the molecule is O=CC1(CN(CCO)C2CCCCC2)CCOCC1. The zero-order chi connectivity index (χ0) is 13.6. The summed E-state index contributed by atoms with van der Waals surface area (Å²) in [5, 5.41) is 9.30. The molecule has 1 heterocycles. The molecule has 19 heavy (non-hydrogen) atoms. The van der Waals surface area contributed by atoms with Gasteiger partial charge in [0.1, 0.15) is 6.29 Å². The molecule has 0 radical (unpaired) electrons. The average molecular weight is 269 g/mol. The Morgan fingerprint density at radius 1 is 1.21 bits per heavy atom. The summed E-state index contributed by atoms with van der Waals surface area (Å²) in [5.41, 5.74) is -0.245. The minimum atomic E-state index is -0.245. The molecule has 1 saturated carbocycles. The maximum atomic E-state index is 11.6. The van der Waals surface area contributed by atoms with Crippen LogP contribution in [0.25, 0.3) is 0 Å². The van der Waals surface area contributed by atoms with E-state index in [0.29, 0.717) is 25.8 Å². The number of aldehydes is 1. The third-order valence-electron chi connectivity index (χ3n) is 4.73. The molecule has 2 fully saturated rings. The predicted molar refractivity (Wildman–Crippen MR) is 74.1 cm³/mol. The van der Waals surface area contributed by atoms with Crippen LogP contribution in [0.1, 0.15) is 44.9 Å². The molecule has 0 bridgehead atoms. The van der Waals surface area contributed by atoms with E-state index in [-0.39, 0.29) is 12.0 Å². The van der Waals surface area contributed by atoms with Gasteiger partial charge >= 0.3 is 0 Å². The van der Waals surface area contributed by atoms with E-state index in [4.69, 9.17) is 4.74 Å². The van der Waals surface area contributed by atoms with Gasteiger partial charge in [-0.3, -0.25) is 4.90 Å². The molecule has 1 aliphatic heterocycles. The number of ether oxygens (including phenoxy) is 1. The van der Waals surface area contributed by atoms with Gasteiger partial charge in [0.05, 0.1) is 6.61 Å². The molecule has 2 rings (SSSR count). The van der Waals surface area contributed by atoms with Crippen molar-refractivity contribution in [2.24, 2.45) is 5.41 Å². The molecule has 0 amide bonds. The van der Waals surface area contributed by atoms with Gasteiger partial charge in [-0.05, 0) is 25.7 Å². The molecule has 1 saturated heterocycles. The Bertz CT molecular complexity index is 271. The zero-order valence-electron chi connectivity index (χ0n) is 11.9. The minimum Gasteiger partial charge on any atom is -0.395 e. The molecule has 0 spiro atoms. The van der Waals surface area contributed by atoms with Crippen molar-refractivity contribution in [2.45, 2.75) is 51.0 Å². The van der Waals surface area contributed by atoms with Crippen molar-refractivity contribution < 1.29 is 14.6 Å². The standard InChI is InChI=1S/C15H27NO3/c17-9-8-16(14-4-2-1-3-5-14)12-15(13-18)6-10-19-11-7-15/h13-14,17H,1-12H2. The van der Waals surface area contributed by atoms with Crippen LogP contribution in [0.3, 0.4) is 0 Å². The maximum absolute atomic E-state index is 11.6. The first-order chi connectivity index (χ1) is 9.29. The normalized spacial score (nSPS) is 24.5. The molecule has 1 N–H and O–H groups in total. The highest BCUT2D eigenvalue weighted by molar-refractivity contribution is 5.60. The van der Waals surface area contributed by atoms with Crippen LogP contribution in [0.15, 0.2) is 0 Å². The van der Waals surface area contributed by atoms with Gasteiger partial charge in [0.25, 0.3) is 0 Å². The van der Waals surface area contributed by atoms with Gasteiger partial charge in [0, 0.05) is 37.8 Å². The lowest BCUT2D eigenvalue weighted by atomic mass is 9.80. The van der Waals surface area contributed by atoms with E-state index in [1.54, 1.807) is 0 Å². The van der Waals surface area contributed by atoms with Crippen LogP contribution in [0, 0.1) is 5.41 Å². The number of hydrogen-bond acceptors (Lipinski definition) is 4. The van der Waals surface area contributed by atoms with Crippen LogP contribution in [0.2, 0.25) is 0 Å². The van der Waals surface area contributed by atoms with E-state index in [1.807, 2.05) is 0 Å². The van der Waals surface area contributed by atoms with Crippen molar-refractivity contribution in [1.82, 2.24) is 4.90 Å². The number of carbonyl (C=O) groups is 1. The molecule has 2 aliphatic rings. The minimum absolute atomic E-state index is 0.182. The summed E-state index contributed by atoms with van der Waals surface area (Å²) in [5.74, 6) is 0. The summed E-state index contributed by atoms with van der Waals surface area (Å²) in [7, 11) is 0. The number of aliphatic hydroxyl groups excluding tert-OH is 1. The van der Waals surface area contributed by atoms with Crippen LogP contribution in [0.4, 0.5) is 0 Å². The van der Waals surface area contributed by atoms with E-state index in [9.17, 15) is 9.90 Å². The van der Waals surface area contributed by atoms with E-state index in [2.05, 4.69) is 4.90 Å². The number of aliphatic hydroxyl groups is 1. The number of carbonyl (C=O) groups excluding carboxylic acids is 1. The first-order valence-corrected chi connectivity index (χ1v) is 7.69. The molecule has 0 aromatic rings. The van der Waals surface area contributed by atoms with Gasteiger partial charge in [-0.15, -0.1) is 0 Å². The number of nitrogens with zero attached hydrogens (tertiary/aromatic N) is 1. The second-order valence-electron chi connectivity index (χ2n) is 6.08. The highest BCUT2D eigenvalue weighted by Crippen LogP contribution is 2.32. The molecule has 4 nitrogen and oxygen atoms in total. The topological polar surface area (TPSA) is 49.8 Å². The molecular weight excluding hydrogens is 242 g/mol. The van der Waals surface area contributed by atoms with Gasteiger partial charge < -0.3 is 14.6 Å². The first kappa shape index (κ1) is 14.9. The summed E-state index contributed by atoms with van der Waals surface area (Å²) in [4.78, 5) is 13.9. The van der Waals surface area contributed by atoms with Crippen molar-refractivity contribution in [2.75, 3.05) is 32.9 Å². The van der Waals surface area contributed by atoms with E-state index in [0.717, 1.165) is 25.7 Å². The van der Waals surface area contributed by atoms with Crippen LogP contribution < -0.4 is 0 Å². The van der Waals surface area contributed by atoms with Gasteiger partial charge in [0.15, 0.2) is 0 Å². The summed E-state index contributed by atoms with van der Waals surface area (Å²) in [6, 6.07) is 0.556. The molecular formula is C15H27NO3. The van der Waals surface area contributed by atoms with E-state index in [1.165, 1.54) is 32.1 Å². The summed E-state index contributed by atoms with van der Waals surface area (Å²) < 4.78 is 5.39. The monoisotopic (exact) mass is 269 g/mol.